The van der Waals surface area contributed by atoms with Crippen LogP contribution in [0.15, 0.2) is 22.7 Å². The van der Waals surface area contributed by atoms with Crippen LogP contribution in [0.4, 0.5) is 9.18 Å². The molecule has 29 heavy (non-hydrogen) atoms. The molecule has 0 heterocycles. The molecular weight excluding hydrogens is 457 g/mol. The van der Waals surface area contributed by atoms with Gasteiger partial charge in [-0.15, -0.1) is 0 Å². The molecule has 1 aromatic carbocycles. The van der Waals surface area contributed by atoms with Gasteiger partial charge in [-0.1, -0.05) is 34.1 Å². The quantitative estimate of drug-likeness (QED) is 0.287. The summed E-state index contributed by atoms with van der Waals surface area (Å²) in [5.41, 5.74) is 0. The van der Waals surface area contributed by atoms with Gasteiger partial charge >= 0.3 is 6.09 Å². The van der Waals surface area contributed by atoms with Crippen LogP contribution in [-0.4, -0.2) is 52.2 Å². The Labute approximate surface area is 184 Å². The lowest BCUT2D eigenvalue weighted by atomic mass is 10.2. The number of carbonyl (C=O) groups is 1. The Morgan fingerprint density at radius 1 is 1.31 bits per heavy atom. The molecule has 0 saturated heterocycles. The fourth-order valence-electron chi connectivity index (χ4n) is 2.27. The van der Waals surface area contributed by atoms with Gasteiger partial charge in [0, 0.05) is 7.05 Å². The number of amides is 1. The smallest absolute Gasteiger partial charge is 0.409 e. The predicted octanol–water partition coefficient (Wildman–Crippen LogP) is 6.23. The number of hydrogen-bond donors (Lipinski definition) is 0. The van der Waals surface area contributed by atoms with Crippen LogP contribution < -0.4 is 4.74 Å². The van der Waals surface area contributed by atoms with Gasteiger partial charge in [-0.05, 0) is 58.7 Å². The summed E-state index contributed by atoms with van der Waals surface area (Å²) in [5, 5.41) is 0.0182. The van der Waals surface area contributed by atoms with Crippen molar-refractivity contribution in [2.45, 2.75) is 64.8 Å². The average Bonchev–Trinajstić information content (AvgIpc) is 2.61. The largest absolute Gasteiger partial charge is 0.491 e. The van der Waals surface area contributed by atoms with E-state index < -0.39 is 8.32 Å². The van der Waals surface area contributed by atoms with Gasteiger partial charge in [0.1, 0.15) is 18.2 Å². The van der Waals surface area contributed by atoms with Crippen LogP contribution in [0, 0.1) is 5.82 Å². The molecule has 166 valence electrons. The molecule has 0 aliphatic rings. The van der Waals surface area contributed by atoms with Crippen LogP contribution in [0.3, 0.4) is 0 Å². The first-order chi connectivity index (χ1) is 13.4. The molecule has 0 fully saturated rings. The number of hydrogen-bond acceptors (Lipinski definition) is 4. The lowest BCUT2D eigenvalue weighted by Gasteiger charge is -2.40. The van der Waals surface area contributed by atoms with Crippen LogP contribution in [0.1, 0.15) is 40.5 Å². The van der Waals surface area contributed by atoms with Gasteiger partial charge in [0.15, 0.2) is 8.32 Å². The van der Waals surface area contributed by atoms with E-state index in [1.165, 1.54) is 11.0 Å². The topological polar surface area (TPSA) is 48.0 Å². The molecule has 0 aliphatic heterocycles. The maximum absolute atomic E-state index is 13.5. The summed E-state index contributed by atoms with van der Waals surface area (Å²) in [6.45, 7) is 13.9. The van der Waals surface area contributed by atoms with Crippen molar-refractivity contribution < 1.29 is 23.1 Å². The van der Waals surface area contributed by atoms with Crippen molar-refractivity contribution >= 4 is 30.3 Å². The van der Waals surface area contributed by atoms with E-state index in [1.54, 1.807) is 19.2 Å². The monoisotopic (exact) mass is 491 g/mol. The lowest BCUT2D eigenvalue weighted by Crippen LogP contribution is -2.49. The van der Waals surface area contributed by atoms with Gasteiger partial charge in [-0.3, -0.25) is 0 Å². The van der Waals surface area contributed by atoms with Crippen molar-refractivity contribution in [2.75, 3.05) is 26.8 Å². The Bertz CT molecular complexity index is 667. The van der Waals surface area contributed by atoms with Crippen LogP contribution in [0.2, 0.25) is 18.1 Å². The van der Waals surface area contributed by atoms with E-state index >= 15 is 0 Å². The molecule has 1 unspecified atom stereocenters. The molecule has 0 radical (unpaired) electrons. The molecule has 0 spiro atoms. The van der Waals surface area contributed by atoms with Crippen LogP contribution >= 0.6 is 15.9 Å². The molecule has 0 aromatic heterocycles. The van der Waals surface area contributed by atoms with Crippen LogP contribution in [-0.2, 0) is 9.16 Å². The molecule has 8 heteroatoms. The van der Waals surface area contributed by atoms with Gasteiger partial charge in [0.05, 0.1) is 23.7 Å². The third kappa shape index (κ3) is 8.64. The molecule has 5 nitrogen and oxygen atoms in total. The highest BCUT2D eigenvalue weighted by Crippen LogP contribution is 2.37. The van der Waals surface area contributed by atoms with E-state index in [0.29, 0.717) is 23.4 Å². The minimum atomic E-state index is -2.09. The molecule has 0 N–H and O–H groups in total. The highest BCUT2D eigenvalue weighted by Gasteiger charge is 2.39. The number of benzene rings is 1. The molecule has 0 bridgehead atoms. The van der Waals surface area contributed by atoms with Crippen molar-refractivity contribution in [3.05, 3.63) is 28.5 Å². The standard InChI is InChI=1S/C21H35BrFNO4Si/c1-8-9-12-26-20(25)24(5)14-17(28-29(6,7)21(2,3)4)15-27-16-10-11-19(23)18(22)13-16/h10-11,13,17H,8-9,12,14-15H2,1-7H3. The van der Waals surface area contributed by atoms with Crippen molar-refractivity contribution in [1.29, 1.82) is 0 Å². The van der Waals surface area contributed by atoms with Gasteiger partial charge in [0.2, 0.25) is 0 Å². The van der Waals surface area contributed by atoms with Crippen molar-refractivity contribution in [3.8, 4) is 5.75 Å². The van der Waals surface area contributed by atoms with Crippen molar-refractivity contribution in [1.82, 2.24) is 4.90 Å². The third-order valence-electron chi connectivity index (χ3n) is 5.11. The van der Waals surface area contributed by atoms with Crippen molar-refractivity contribution in [3.63, 3.8) is 0 Å². The van der Waals surface area contributed by atoms with Gasteiger partial charge in [-0.2, -0.15) is 0 Å². The molecule has 1 amide bonds. The SMILES string of the molecule is CCCCOC(=O)N(C)CC(COc1ccc(F)c(Br)c1)O[Si](C)(C)C(C)(C)C. The molecule has 0 aliphatic carbocycles. The summed E-state index contributed by atoms with van der Waals surface area (Å²) in [7, 11) is -0.388. The summed E-state index contributed by atoms with van der Waals surface area (Å²) in [5.74, 6) is 0.191. The average molecular weight is 493 g/mol. The number of nitrogens with zero attached hydrogens (tertiary/aromatic N) is 1. The second-order valence-electron chi connectivity index (χ2n) is 8.74. The first-order valence-corrected chi connectivity index (χ1v) is 13.7. The van der Waals surface area contributed by atoms with Gasteiger partial charge in [-0.25, -0.2) is 9.18 Å². The summed E-state index contributed by atoms with van der Waals surface area (Å²) < 4.78 is 31.5. The fourth-order valence-corrected chi connectivity index (χ4v) is 3.95. The zero-order valence-corrected chi connectivity index (χ0v) is 21.3. The Kier molecular flexibility index (Phi) is 10.1. The third-order valence-corrected chi connectivity index (χ3v) is 10.2. The fraction of sp³-hybridized carbons (Fsp3) is 0.667. The maximum Gasteiger partial charge on any atom is 0.409 e. The van der Waals surface area contributed by atoms with Crippen LogP contribution in [0.5, 0.6) is 5.75 Å². The summed E-state index contributed by atoms with van der Waals surface area (Å²) in [6.07, 6.45) is 1.11. The van der Waals surface area contributed by atoms with E-state index in [1.807, 2.05) is 6.92 Å². The Morgan fingerprint density at radius 2 is 1.97 bits per heavy atom. The highest BCUT2D eigenvalue weighted by atomic mass is 79.9. The number of carbonyl (C=O) groups excluding carboxylic acids is 1. The minimum Gasteiger partial charge on any atom is -0.491 e. The van der Waals surface area contributed by atoms with Crippen molar-refractivity contribution in [2.24, 2.45) is 0 Å². The Hall–Kier alpha value is -1.12. The lowest BCUT2D eigenvalue weighted by molar-refractivity contribution is 0.0654. The van der Waals surface area contributed by atoms with E-state index in [-0.39, 0.29) is 29.7 Å². The highest BCUT2D eigenvalue weighted by molar-refractivity contribution is 9.10. The van der Waals surface area contributed by atoms with E-state index in [9.17, 15) is 9.18 Å². The summed E-state index contributed by atoms with van der Waals surface area (Å²) in [6, 6.07) is 4.51. The Balaban J connectivity index is 2.84. The molecule has 1 aromatic rings. The van der Waals surface area contributed by atoms with E-state index in [4.69, 9.17) is 13.9 Å². The zero-order chi connectivity index (χ0) is 22.2. The van der Waals surface area contributed by atoms with Gasteiger partial charge < -0.3 is 18.8 Å². The molecular formula is C21H35BrFNO4Si. The zero-order valence-electron chi connectivity index (χ0n) is 18.7. The van der Waals surface area contributed by atoms with Crippen LogP contribution in [0.25, 0.3) is 0 Å². The molecule has 0 saturated carbocycles. The second kappa shape index (κ2) is 11.3. The predicted molar refractivity (Wildman–Crippen MR) is 121 cm³/mol. The number of likely N-dealkylation sites (N-methyl/N-ethyl adjacent to an activating group) is 1. The maximum atomic E-state index is 13.5. The molecule has 1 atom stereocenters. The van der Waals surface area contributed by atoms with Gasteiger partial charge in [0.25, 0.3) is 0 Å². The molecule has 1 rings (SSSR count). The number of unbranched alkanes of at least 4 members (excludes halogenated alkanes) is 1. The first-order valence-electron chi connectivity index (χ1n) is 10.0. The number of rotatable bonds is 10. The second-order valence-corrected chi connectivity index (χ2v) is 14.3. The van der Waals surface area contributed by atoms with E-state index in [0.717, 1.165) is 12.8 Å². The Morgan fingerprint density at radius 3 is 2.52 bits per heavy atom. The normalized spacial score (nSPS) is 13.1. The minimum absolute atomic E-state index is 0.0182. The summed E-state index contributed by atoms with van der Waals surface area (Å²) >= 11 is 3.17. The summed E-state index contributed by atoms with van der Waals surface area (Å²) in [4.78, 5) is 13.8. The number of ether oxygens (including phenoxy) is 2. The number of halogens is 2. The van der Waals surface area contributed by atoms with E-state index in [2.05, 4.69) is 49.8 Å². The first kappa shape index (κ1) is 25.9.